The Hall–Kier alpha value is -2.41. The summed E-state index contributed by atoms with van der Waals surface area (Å²) in [5, 5.41) is 1.76. The first kappa shape index (κ1) is 17.4. The second kappa shape index (κ2) is 8.11. The maximum absolute atomic E-state index is 12.4. The fourth-order valence-corrected chi connectivity index (χ4v) is 3.40. The minimum Gasteiger partial charge on any atom is -0.497 e. The molecule has 1 aromatic carbocycles. The number of hydrogen-bond acceptors (Lipinski definition) is 5. The van der Waals surface area contributed by atoms with Gasteiger partial charge in [0.05, 0.1) is 12.6 Å². The van der Waals surface area contributed by atoms with Crippen molar-refractivity contribution in [2.45, 2.75) is 12.8 Å². The molecule has 1 aliphatic rings. The molecule has 0 bridgehead atoms. The lowest BCUT2D eigenvalue weighted by Crippen LogP contribution is -2.50. The van der Waals surface area contributed by atoms with E-state index in [0.717, 1.165) is 11.3 Å². The monoisotopic (exact) mass is 359 g/mol. The van der Waals surface area contributed by atoms with Gasteiger partial charge < -0.3 is 14.5 Å². The number of benzene rings is 1. The van der Waals surface area contributed by atoms with Gasteiger partial charge in [-0.25, -0.2) is 4.98 Å². The largest absolute Gasteiger partial charge is 0.497 e. The predicted octanol–water partition coefficient (Wildman–Crippen LogP) is 2.07. The van der Waals surface area contributed by atoms with Crippen LogP contribution in [0.25, 0.3) is 0 Å². The van der Waals surface area contributed by atoms with Crippen molar-refractivity contribution in [2.24, 2.45) is 0 Å². The molecule has 2 heterocycles. The average molecular weight is 359 g/mol. The van der Waals surface area contributed by atoms with E-state index in [4.69, 9.17) is 4.74 Å². The highest BCUT2D eigenvalue weighted by molar-refractivity contribution is 7.07. The van der Waals surface area contributed by atoms with Gasteiger partial charge in [0, 0.05) is 38.0 Å². The Labute approximate surface area is 151 Å². The van der Waals surface area contributed by atoms with Crippen LogP contribution in [0.5, 0.6) is 5.75 Å². The summed E-state index contributed by atoms with van der Waals surface area (Å²) in [7, 11) is 1.64. The molecule has 1 aliphatic heterocycles. The summed E-state index contributed by atoms with van der Waals surface area (Å²) in [4.78, 5) is 32.3. The number of nitrogens with zero attached hydrogens (tertiary/aromatic N) is 3. The van der Waals surface area contributed by atoms with E-state index in [9.17, 15) is 9.59 Å². The number of amides is 2. The smallest absolute Gasteiger partial charge is 0.273 e. The first-order chi connectivity index (χ1) is 12.2. The lowest BCUT2D eigenvalue weighted by atomic mass is 10.1. The Morgan fingerprint density at radius 3 is 2.64 bits per heavy atom. The standard InChI is InChI=1S/C18H21N3O3S/c1-24-15-4-2-3-14(11-15)5-6-17(22)20-7-9-21(10-8-20)18(23)16-12-25-13-19-16/h2-4,11-13H,5-10H2,1H3. The number of thiazole rings is 1. The number of carbonyl (C=O) groups is 2. The van der Waals surface area contributed by atoms with Gasteiger partial charge in [-0.2, -0.15) is 0 Å². The Bertz CT molecular complexity index is 725. The van der Waals surface area contributed by atoms with E-state index in [1.165, 1.54) is 11.3 Å². The molecule has 132 valence electrons. The molecule has 1 fully saturated rings. The molecular formula is C18H21N3O3S. The molecule has 0 radical (unpaired) electrons. The van der Waals surface area contributed by atoms with Crippen molar-refractivity contribution in [3.05, 3.63) is 46.4 Å². The van der Waals surface area contributed by atoms with E-state index in [-0.39, 0.29) is 11.8 Å². The summed E-state index contributed by atoms with van der Waals surface area (Å²) in [6.07, 6.45) is 1.15. The minimum absolute atomic E-state index is 0.0512. The third-order valence-corrected chi connectivity index (χ3v) is 4.92. The molecule has 3 rings (SSSR count). The van der Waals surface area contributed by atoms with Crippen LogP contribution in [0.15, 0.2) is 35.2 Å². The number of carbonyl (C=O) groups excluding carboxylic acids is 2. The zero-order valence-corrected chi connectivity index (χ0v) is 15.0. The van der Waals surface area contributed by atoms with Gasteiger partial charge in [-0.3, -0.25) is 9.59 Å². The van der Waals surface area contributed by atoms with Crippen molar-refractivity contribution in [2.75, 3.05) is 33.3 Å². The molecule has 0 N–H and O–H groups in total. The normalized spacial score (nSPS) is 14.4. The van der Waals surface area contributed by atoms with Crippen molar-refractivity contribution in [1.29, 1.82) is 0 Å². The quantitative estimate of drug-likeness (QED) is 0.820. The van der Waals surface area contributed by atoms with Crippen molar-refractivity contribution in [3.63, 3.8) is 0 Å². The zero-order valence-electron chi connectivity index (χ0n) is 14.2. The number of aromatic nitrogens is 1. The van der Waals surface area contributed by atoms with Crippen LogP contribution in [0.4, 0.5) is 0 Å². The van der Waals surface area contributed by atoms with Crippen LogP contribution in [-0.2, 0) is 11.2 Å². The SMILES string of the molecule is COc1cccc(CCC(=O)N2CCN(C(=O)c3cscn3)CC2)c1. The Morgan fingerprint density at radius 1 is 1.20 bits per heavy atom. The fraction of sp³-hybridized carbons (Fsp3) is 0.389. The number of hydrogen-bond donors (Lipinski definition) is 0. The maximum atomic E-state index is 12.4. The number of ether oxygens (including phenoxy) is 1. The highest BCUT2D eigenvalue weighted by Crippen LogP contribution is 2.15. The molecule has 6 nitrogen and oxygen atoms in total. The molecule has 7 heteroatoms. The number of aryl methyl sites for hydroxylation is 1. The van der Waals surface area contributed by atoms with Crippen molar-refractivity contribution < 1.29 is 14.3 Å². The van der Waals surface area contributed by atoms with Crippen LogP contribution in [0, 0.1) is 0 Å². The van der Waals surface area contributed by atoms with E-state index in [2.05, 4.69) is 4.98 Å². The van der Waals surface area contributed by atoms with Gasteiger partial charge in [0.2, 0.25) is 5.91 Å². The summed E-state index contributed by atoms with van der Waals surface area (Å²) in [6.45, 7) is 2.27. The van der Waals surface area contributed by atoms with Gasteiger partial charge in [0.25, 0.3) is 5.91 Å². The van der Waals surface area contributed by atoms with E-state index < -0.39 is 0 Å². The lowest BCUT2D eigenvalue weighted by Gasteiger charge is -2.34. The topological polar surface area (TPSA) is 62.7 Å². The lowest BCUT2D eigenvalue weighted by molar-refractivity contribution is -0.132. The van der Waals surface area contributed by atoms with E-state index >= 15 is 0 Å². The summed E-state index contributed by atoms with van der Waals surface area (Å²) < 4.78 is 5.21. The van der Waals surface area contributed by atoms with Gasteiger partial charge in [0.15, 0.2) is 0 Å². The van der Waals surface area contributed by atoms with Crippen LogP contribution < -0.4 is 4.74 Å². The van der Waals surface area contributed by atoms with Crippen molar-refractivity contribution in [3.8, 4) is 5.75 Å². The molecule has 1 aromatic heterocycles. The van der Waals surface area contributed by atoms with Crippen LogP contribution >= 0.6 is 11.3 Å². The van der Waals surface area contributed by atoms with Crippen LogP contribution in [-0.4, -0.2) is 59.9 Å². The number of methoxy groups -OCH3 is 1. The number of rotatable bonds is 5. The summed E-state index contributed by atoms with van der Waals surface area (Å²) >= 11 is 1.41. The average Bonchev–Trinajstić information content (AvgIpc) is 3.20. The third-order valence-electron chi connectivity index (χ3n) is 4.33. The van der Waals surface area contributed by atoms with E-state index in [1.54, 1.807) is 22.9 Å². The molecule has 2 aromatic rings. The Morgan fingerprint density at radius 2 is 1.96 bits per heavy atom. The van der Waals surface area contributed by atoms with Crippen LogP contribution in [0.1, 0.15) is 22.5 Å². The molecule has 25 heavy (non-hydrogen) atoms. The highest BCUT2D eigenvalue weighted by Gasteiger charge is 2.25. The van der Waals surface area contributed by atoms with Gasteiger partial charge in [0.1, 0.15) is 11.4 Å². The second-order valence-electron chi connectivity index (χ2n) is 5.90. The van der Waals surface area contributed by atoms with Crippen molar-refractivity contribution in [1.82, 2.24) is 14.8 Å². The first-order valence-corrected chi connectivity index (χ1v) is 9.20. The van der Waals surface area contributed by atoms with Gasteiger partial charge in [-0.05, 0) is 24.1 Å². The molecule has 2 amide bonds. The van der Waals surface area contributed by atoms with Crippen LogP contribution in [0.2, 0.25) is 0 Å². The van der Waals surface area contributed by atoms with Gasteiger partial charge >= 0.3 is 0 Å². The molecule has 0 aliphatic carbocycles. The minimum atomic E-state index is -0.0512. The van der Waals surface area contributed by atoms with Gasteiger partial charge in [-0.15, -0.1) is 11.3 Å². The Balaban J connectivity index is 1.47. The second-order valence-corrected chi connectivity index (χ2v) is 6.62. The molecule has 0 unspecified atom stereocenters. The molecule has 0 spiro atoms. The summed E-state index contributed by atoms with van der Waals surface area (Å²) in [5.41, 5.74) is 3.24. The van der Waals surface area contributed by atoms with E-state index in [1.807, 2.05) is 29.2 Å². The highest BCUT2D eigenvalue weighted by atomic mass is 32.1. The molecular weight excluding hydrogens is 338 g/mol. The molecule has 1 saturated heterocycles. The summed E-state index contributed by atoms with van der Waals surface area (Å²) in [5.74, 6) is 0.882. The number of piperazine rings is 1. The van der Waals surface area contributed by atoms with E-state index in [0.29, 0.717) is 44.7 Å². The Kier molecular flexibility index (Phi) is 5.65. The van der Waals surface area contributed by atoms with Gasteiger partial charge in [-0.1, -0.05) is 12.1 Å². The first-order valence-electron chi connectivity index (χ1n) is 8.25. The molecule has 0 saturated carbocycles. The zero-order chi connectivity index (χ0) is 17.6. The van der Waals surface area contributed by atoms with Crippen LogP contribution in [0.3, 0.4) is 0 Å². The molecule has 0 atom stereocenters. The third kappa shape index (κ3) is 4.36. The predicted molar refractivity (Wildman–Crippen MR) is 95.9 cm³/mol. The van der Waals surface area contributed by atoms with Crippen molar-refractivity contribution >= 4 is 23.2 Å². The fourth-order valence-electron chi connectivity index (χ4n) is 2.88. The summed E-state index contributed by atoms with van der Waals surface area (Å²) in [6, 6.07) is 7.78. The maximum Gasteiger partial charge on any atom is 0.273 e.